The van der Waals surface area contributed by atoms with E-state index in [1.807, 2.05) is 0 Å². The van der Waals surface area contributed by atoms with E-state index < -0.39 is 5.97 Å². The van der Waals surface area contributed by atoms with E-state index in [-0.39, 0.29) is 10.6 Å². The predicted molar refractivity (Wildman–Crippen MR) is 61.2 cm³/mol. The van der Waals surface area contributed by atoms with Gasteiger partial charge in [-0.1, -0.05) is 24.4 Å². The second kappa shape index (κ2) is 4.74. The van der Waals surface area contributed by atoms with E-state index in [0.717, 1.165) is 12.3 Å². The Kier molecular flexibility index (Phi) is 3.34. The molecule has 1 aromatic carbocycles. The molecule has 1 aromatic rings. The summed E-state index contributed by atoms with van der Waals surface area (Å²) in [6, 6.07) is 4.66. The minimum atomic E-state index is -1.02. The first-order valence-corrected chi connectivity index (χ1v) is 5.70. The quantitative estimate of drug-likeness (QED) is 0.860. The Labute approximate surface area is 99.0 Å². The Morgan fingerprint density at radius 1 is 1.50 bits per heavy atom. The molecule has 0 amide bonds. The van der Waals surface area contributed by atoms with E-state index in [9.17, 15) is 4.79 Å². The first kappa shape index (κ1) is 11.3. The largest absolute Gasteiger partial charge is 0.494 e. The number of benzene rings is 1. The highest BCUT2D eigenvalue weighted by Gasteiger charge is 2.20. The molecule has 86 valence electrons. The number of hydrogen-bond acceptors (Lipinski definition) is 2. The van der Waals surface area contributed by atoms with E-state index in [1.54, 1.807) is 12.1 Å². The fourth-order valence-corrected chi connectivity index (χ4v) is 1.76. The summed E-state index contributed by atoms with van der Waals surface area (Å²) in [7, 11) is 0. The zero-order chi connectivity index (χ0) is 11.5. The number of carboxylic acid groups (broad SMARTS) is 1. The van der Waals surface area contributed by atoms with Crippen molar-refractivity contribution >= 4 is 17.6 Å². The molecule has 3 nitrogen and oxygen atoms in total. The van der Waals surface area contributed by atoms with Gasteiger partial charge in [0.1, 0.15) is 5.75 Å². The molecule has 1 fully saturated rings. The zero-order valence-corrected chi connectivity index (χ0v) is 9.54. The predicted octanol–water partition coefficient (Wildman–Crippen LogP) is 3.22. The van der Waals surface area contributed by atoms with Gasteiger partial charge in [-0.2, -0.15) is 0 Å². The van der Waals surface area contributed by atoms with Gasteiger partial charge >= 0.3 is 5.97 Å². The van der Waals surface area contributed by atoms with Gasteiger partial charge in [0, 0.05) is 0 Å². The fraction of sp³-hybridized carbons (Fsp3) is 0.417. The van der Waals surface area contributed by atoms with Gasteiger partial charge in [-0.15, -0.1) is 0 Å². The van der Waals surface area contributed by atoms with Crippen LogP contribution < -0.4 is 4.74 Å². The number of rotatable bonds is 5. The van der Waals surface area contributed by atoms with Crippen LogP contribution in [0.1, 0.15) is 29.6 Å². The van der Waals surface area contributed by atoms with Crippen LogP contribution in [-0.2, 0) is 0 Å². The molecule has 16 heavy (non-hydrogen) atoms. The Balaban J connectivity index is 1.93. The molecule has 0 atom stereocenters. The van der Waals surface area contributed by atoms with Crippen molar-refractivity contribution in [3.63, 3.8) is 0 Å². The molecule has 0 aliphatic heterocycles. The minimum Gasteiger partial charge on any atom is -0.494 e. The lowest BCUT2D eigenvalue weighted by molar-refractivity contribution is 0.0697. The lowest BCUT2D eigenvalue weighted by Crippen LogP contribution is -2.00. The average Bonchev–Trinajstić information content (AvgIpc) is 3.01. The molecule has 1 aliphatic rings. The highest BCUT2D eigenvalue weighted by atomic mass is 35.5. The van der Waals surface area contributed by atoms with Crippen molar-refractivity contribution in [2.24, 2.45) is 5.92 Å². The van der Waals surface area contributed by atoms with E-state index in [2.05, 4.69) is 0 Å². The standard InChI is InChI=1S/C12H13ClO3/c13-11-7-9(3-4-10(11)12(14)15)16-6-5-8-1-2-8/h3-4,7-8H,1-2,5-6H2,(H,14,15). The third kappa shape index (κ3) is 2.89. The highest BCUT2D eigenvalue weighted by molar-refractivity contribution is 6.33. The van der Waals surface area contributed by atoms with E-state index in [0.29, 0.717) is 12.4 Å². The highest BCUT2D eigenvalue weighted by Crippen LogP contribution is 2.32. The lowest BCUT2D eigenvalue weighted by atomic mass is 10.2. The molecule has 0 spiro atoms. The third-order valence-electron chi connectivity index (χ3n) is 2.66. The summed E-state index contributed by atoms with van der Waals surface area (Å²) < 4.78 is 5.50. The van der Waals surface area contributed by atoms with Gasteiger partial charge in [0.05, 0.1) is 17.2 Å². The van der Waals surface area contributed by atoms with Crippen LogP contribution in [0.3, 0.4) is 0 Å². The van der Waals surface area contributed by atoms with Gasteiger partial charge in [-0.05, 0) is 30.5 Å². The summed E-state index contributed by atoms with van der Waals surface area (Å²) in [4.78, 5) is 10.7. The molecule has 0 bridgehead atoms. The van der Waals surface area contributed by atoms with Crippen LogP contribution in [0, 0.1) is 5.92 Å². The van der Waals surface area contributed by atoms with Crippen molar-refractivity contribution in [2.45, 2.75) is 19.3 Å². The van der Waals surface area contributed by atoms with Gasteiger partial charge in [-0.25, -0.2) is 4.79 Å². The molecular formula is C12H13ClO3. The molecule has 0 aromatic heterocycles. The lowest BCUT2D eigenvalue weighted by Gasteiger charge is -2.06. The topological polar surface area (TPSA) is 46.5 Å². The van der Waals surface area contributed by atoms with Gasteiger partial charge < -0.3 is 9.84 Å². The van der Waals surface area contributed by atoms with E-state index in [4.69, 9.17) is 21.4 Å². The van der Waals surface area contributed by atoms with Gasteiger partial charge in [0.25, 0.3) is 0 Å². The summed E-state index contributed by atoms with van der Waals surface area (Å²) >= 11 is 5.82. The first-order valence-electron chi connectivity index (χ1n) is 5.32. The zero-order valence-electron chi connectivity index (χ0n) is 8.78. The number of carboxylic acids is 1. The van der Waals surface area contributed by atoms with Crippen LogP contribution >= 0.6 is 11.6 Å². The number of aromatic carboxylic acids is 1. The smallest absolute Gasteiger partial charge is 0.337 e. The first-order chi connectivity index (χ1) is 7.66. The second-order valence-corrected chi connectivity index (χ2v) is 4.43. The number of halogens is 1. The van der Waals surface area contributed by atoms with E-state index >= 15 is 0 Å². The van der Waals surface area contributed by atoms with Crippen molar-refractivity contribution < 1.29 is 14.6 Å². The summed E-state index contributed by atoms with van der Waals surface area (Å²) in [6.45, 7) is 0.674. The maximum absolute atomic E-state index is 10.7. The van der Waals surface area contributed by atoms with Crippen molar-refractivity contribution in [3.05, 3.63) is 28.8 Å². The Bertz CT molecular complexity index is 399. The molecule has 1 aliphatic carbocycles. The minimum absolute atomic E-state index is 0.108. The Hall–Kier alpha value is -1.22. The average molecular weight is 241 g/mol. The van der Waals surface area contributed by atoms with Crippen molar-refractivity contribution in [1.82, 2.24) is 0 Å². The monoisotopic (exact) mass is 240 g/mol. The Morgan fingerprint density at radius 3 is 2.81 bits per heavy atom. The summed E-state index contributed by atoms with van der Waals surface area (Å²) in [5.41, 5.74) is 0.108. The van der Waals surface area contributed by atoms with Gasteiger partial charge in [-0.3, -0.25) is 0 Å². The van der Waals surface area contributed by atoms with Crippen molar-refractivity contribution in [2.75, 3.05) is 6.61 Å². The summed E-state index contributed by atoms with van der Waals surface area (Å²) in [5.74, 6) is 0.443. The molecule has 1 N–H and O–H groups in total. The molecular weight excluding hydrogens is 228 g/mol. The molecule has 1 saturated carbocycles. The van der Waals surface area contributed by atoms with Crippen LogP contribution in [0.4, 0.5) is 0 Å². The number of hydrogen-bond donors (Lipinski definition) is 1. The SMILES string of the molecule is O=C(O)c1ccc(OCCC2CC2)cc1Cl. The maximum atomic E-state index is 10.7. The molecule has 2 rings (SSSR count). The van der Waals surface area contributed by atoms with Crippen molar-refractivity contribution in [1.29, 1.82) is 0 Å². The molecule has 4 heteroatoms. The maximum Gasteiger partial charge on any atom is 0.337 e. The van der Waals surface area contributed by atoms with Crippen LogP contribution in [0.2, 0.25) is 5.02 Å². The normalized spacial score (nSPS) is 14.8. The van der Waals surface area contributed by atoms with Crippen LogP contribution in [0.15, 0.2) is 18.2 Å². The van der Waals surface area contributed by atoms with Crippen LogP contribution in [0.5, 0.6) is 5.75 Å². The van der Waals surface area contributed by atoms with Crippen LogP contribution in [-0.4, -0.2) is 17.7 Å². The molecule has 0 unspecified atom stereocenters. The van der Waals surface area contributed by atoms with Gasteiger partial charge in [0.15, 0.2) is 0 Å². The van der Waals surface area contributed by atoms with Crippen molar-refractivity contribution in [3.8, 4) is 5.75 Å². The summed E-state index contributed by atoms with van der Waals surface area (Å²) in [5, 5.41) is 9.01. The molecule has 0 radical (unpaired) electrons. The third-order valence-corrected chi connectivity index (χ3v) is 2.98. The fourth-order valence-electron chi connectivity index (χ4n) is 1.51. The molecule has 0 heterocycles. The van der Waals surface area contributed by atoms with Crippen LogP contribution in [0.25, 0.3) is 0 Å². The second-order valence-electron chi connectivity index (χ2n) is 4.03. The number of ether oxygens (including phenoxy) is 1. The van der Waals surface area contributed by atoms with Gasteiger partial charge in [0.2, 0.25) is 0 Å². The van der Waals surface area contributed by atoms with E-state index in [1.165, 1.54) is 18.9 Å². The number of carbonyl (C=O) groups is 1. The molecule has 0 saturated heterocycles. The summed E-state index contributed by atoms with van der Waals surface area (Å²) in [6.07, 6.45) is 3.68. The Morgan fingerprint density at radius 2 is 2.25 bits per heavy atom.